The first-order valence-electron chi connectivity index (χ1n) is 10.5. The van der Waals surface area contributed by atoms with Gasteiger partial charge in [-0.05, 0) is 39.3 Å². The molecule has 2 bridgehead atoms. The summed E-state index contributed by atoms with van der Waals surface area (Å²) in [4.78, 5) is 41.3. The predicted octanol–water partition coefficient (Wildman–Crippen LogP) is 1.28. The Hall–Kier alpha value is -1.97. The minimum atomic E-state index is -1.11. The fraction of sp³-hybridized carbons (Fsp3) is 0.591. The van der Waals surface area contributed by atoms with Gasteiger partial charge in [0.2, 0.25) is 17.7 Å². The first-order chi connectivity index (χ1) is 14.6. The molecule has 4 rings (SSSR count). The number of hydrogen-bond acceptors (Lipinski definition) is 5. The lowest BCUT2D eigenvalue weighted by molar-refractivity contribution is -0.142. The Kier molecular flexibility index (Phi) is 5.64. The Morgan fingerprint density at radius 3 is 2.55 bits per heavy atom. The van der Waals surface area contributed by atoms with E-state index in [9.17, 15) is 19.5 Å². The first-order valence-corrected chi connectivity index (χ1v) is 11.4. The molecule has 0 aromatic heterocycles. The molecule has 3 aliphatic rings. The van der Waals surface area contributed by atoms with Gasteiger partial charge in [-0.25, -0.2) is 0 Å². The number of rotatable bonds is 5. The molecule has 1 aromatic rings. The van der Waals surface area contributed by atoms with Crippen LogP contribution in [0, 0.1) is 11.8 Å². The van der Waals surface area contributed by atoms with Gasteiger partial charge in [0, 0.05) is 22.6 Å². The number of alkyl halides is 1. The third kappa shape index (κ3) is 3.66. The molecular weight excluding hydrogens is 466 g/mol. The van der Waals surface area contributed by atoms with Gasteiger partial charge >= 0.3 is 0 Å². The van der Waals surface area contributed by atoms with Gasteiger partial charge in [0.15, 0.2) is 0 Å². The lowest BCUT2D eigenvalue weighted by Crippen LogP contribution is -2.58. The molecule has 1 spiro atoms. The van der Waals surface area contributed by atoms with E-state index in [0.717, 1.165) is 0 Å². The molecule has 3 aliphatic heterocycles. The fourth-order valence-electron chi connectivity index (χ4n) is 5.26. The summed E-state index contributed by atoms with van der Waals surface area (Å²) in [5.41, 5.74) is -0.983. The number of likely N-dealkylation sites (tertiary alicyclic amines) is 1. The van der Waals surface area contributed by atoms with E-state index in [4.69, 9.17) is 4.74 Å². The summed E-state index contributed by atoms with van der Waals surface area (Å²) in [6, 6.07) is 8.14. The molecule has 3 heterocycles. The molecule has 31 heavy (non-hydrogen) atoms. The molecule has 3 fully saturated rings. The van der Waals surface area contributed by atoms with Crippen LogP contribution in [0.15, 0.2) is 30.3 Å². The largest absolute Gasteiger partial charge is 0.395 e. The van der Waals surface area contributed by atoms with E-state index < -0.39 is 35.1 Å². The van der Waals surface area contributed by atoms with Crippen LogP contribution in [0.25, 0.3) is 0 Å². The van der Waals surface area contributed by atoms with E-state index >= 15 is 0 Å². The molecule has 168 valence electrons. The zero-order valence-corrected chi connectivity index (χ0v) is 19.4. The second-order valence-corrected chi connectivity index (χ2v) is 10.7. The number of carbonyl (C=O) groups excluding carboxylic acids is 3. The van der Waals surface area contributed by atoms with Crippen LogP contribution in [0.2, 0.25) is 0 Å². The van der Waals surface area contributed by atoms with Crippen LogP contribution in [0.4, 0.5) is 5.69 Å². The molecule has 3 amide bonds. The summed E-state index contributed by atoms with van der Waals surface area (Å²) in [5.74, 6) is -2.47. The molecule has 3 N–H and O–H groups in total. The molecular formula is C22H28BrN3O5. The van der Waals surface area contributed by atoms with E-state index in [1.165, 1.54) is 4.90 Å². The molecule has 0 saturated carbocycles. The second-order valence-electron chi connectivity index (χ2n) is 9.51. The highest BCUT2D eigenvalue weighted by Gasteiger charge is 2.76. The second kappa shape index (κ2) is 7.86. The van der Waals surface area contributed by atoms with E-state index in [-0.39, 0.29) is 35.7 Å². The Morgan fingerprint density at radius 2 is 1.94 bits per heavy atom. The number of para-hydroxylation sites is 1. The monoisotopic (exact) mass is 493 g/mol. The van der Waals surface area contributed by atoms with Crippen molar-refractivity contribution in [1.29, 1.82) is 0 Å². The smallest absolute Gasteiger partial charge is 0.246 e. The van der Waals surface area contributed by atoms with Crippen LogP contribution in [-0.2, 0) is 19.1 Å². The molecule has 3 saturated heterocycles. The van der Waals surface area contributed by atoms with Crippen molar-refractivity contribution < 1.29 is 24.2 Å². The number of nitrogens with one attached hydrogen (secondary N) is 2. The van der Waals surface area contributed by atoms with Gasteiger partial charge in [0.05, 0.1) is 24.5 Å². The van der Waals surface area contributed by atoms with Gasteiger partial charge in [-0.2, -0.15) is 0 Å². The maximum absolute atomic E-state index is 13.5. The van der Waals surface area contributed by atoms with Crippen molar-refractivity contribution in [2.24, 2.45) is 11.8 Å². The lowest BCUT2D eigenvalue weighted by atomic mass is 9.70. The van der Waals surface area contributed by atoms with Crippen molar-refractivity contribution in [2.75, 3.05) is 18.5 Å². The van der Waals surface area contributed by atoms with Crippen molar-refractivity contribution in [2.45, 2.75) is 55.3 Å². The summed E-state index contributed by atoms with van der Waals surface area (Å²) in [5, 5.41) is 15.4. The summed E-state index contributed by atoms with van der Waals surface area (Å²) in [6.45, 7) is 5.32. The van der Waals surface area contributed by atoms with Gasteiger partial charge < -0.3 is 25.4 Å². The number of benzene rings is 1. The van der Waals surface area contributed by atoms with E-state index in [1.54, 1.807) is 12.1 Å². The summed E-state index contributed by atoms with van der Waals surface area (Å²) < 4.78 is 6.35. The topological polar surface area (TPSA) is 108 Å². The van der Waals surface area contributed by atoms with Crippen LogP contribution in [-0.4, -0.2) is 69.0 Å². The Morgan fingerprint density at radius 1 is 1.26 bits per heavy atom. The minimum Gasteiger partial charge on any atom is -0.395 e. The number of ether oxygens (including phenoxy) is 1. The van der Waals surface area contributed by atoms with Gasteiger partial charge in [0.1, 0.15) is 11.6 Å². The standard InChI is InChI=1S/C22H28BrN3O5/c1-21(2,3)25-19(29)17-22-11-13(23)16(31-22)14(15(22)20(30)26(17)9-10-27)18(28)24-12-7-5-4-6-8-12/h4-8,13-17,27H,9-11H2,1-3H3,(H,24,28)(H,25,29)/t13?,14-,15-,16-,17?,22?/m0/s1. The first kappa shape index (κ1) is 22.2. The number of halogens is 1. The summed E-state index contributed by atoms with van der Waals surface area (Å²) in [7, 11) is 0. The van der Waals surface area contributed by atoms with Crippen LogP contribution < -0.4 is 10.6 Å². The van der Waals surface area contributed by atoms with E-state index in [0.29, 0.717) is 12.1 Å². The number of carbonyl (C=O) groups is 3. The summed E-state index contributed by atoms with van der Waals surface area (Å²) >= 11 is 3.62. The lowest BCUT2D eigenvalue weighted by Gasteiger charge is -2.35. The van der Waals surface area contributed by atoms with Crippen LogP contribution in [0.3, 0.4) is 0 Å². The third-order valence-electron chi connectivity index (χ3n) is 6.22. The maximum atomic E-state index is 13.5. The molecule has 6 atom stereocenters. The Labute approximate surface area is 189 Å². The van der Waals surface area contributed by atoms with E-state index in [1.807, 2.05) is 39.0 Å². The van der Waals surface area contributed by atoms with Gasteiger partial charge in [-0.1, -0.05) is 34.1 Å². The van der Waals surface area contributed by atoms with Crippen molar-refractivity contribution >= 4 is 39.3 Å². The Bertz CT molecular complexity index is 889. The predicted molar refractivity (Wildman–Crippen MR) is 117 cm³/mol. The van der Waals surface area contributed by atoms with Crippen LogP contribution in [0.1, 0.15) is 27.2 Å². The number of aliphatic hydroxyl groups is 1. The molecule has 1 aromatic carbocycles. The zero-order chi connectivity index (χ0) is 22.6. The highest BCUT2D eigenvalue weighted by molar-refractivity contribution is 9.09. The number of amides is 3. The fourth-order valence-corrected chi connectivity index (χ4v) is 6.21. The van der Waals surface area contributed by atoms with Gasteiger partial charge in [0.25, 0.3) is 0 Å². The Balaban J connectivity index is 1.70. The SMILES string of the molecule is CC(C)(C)NC(=O)C1N(CCO)C(=O)[C@@H]2[C@H](C(=O)Nc3ccccc3)[C@H]3OC12CC3Br. The number of aliphatic hydroxyl groups excluding tert-OH is 1. The average molecular weight is 494 g/mol. The highest BCUT2D eigenvalue weighted by Crippen LogP contribution is 2.60. The zero-order valence-electron chi connectivity index (χ0n) is 17.8. The van der Waals surface area contributed by atoms with Crippen molar-refractivity contribution in [3.05, 3.63) is 30.3 Å². The van der Waals surface area contributed by atoms with Crippen molar-refractivity contribution in [3.8, 4) is 0 Å². The highest BCUT2D eigenvalue weighted by atomic mass is 79.9. The van der Waals surface area contributed by atoms with Crippen molar-refractivity contribution in [1.82, 2.24) is 10.2 Å². The number of fused-ring (bicyclic) bond motifs is 1. The number of anilines is 1. The molecule has 0 aliphatic carbocycles. The quantitative estimate of drug-likeness (QED) is 0.535. The normalized spacial score (nSPS) is 34.0. The average Bonchev–Trinajstić information content (AvgIpc) is 3.25. The number of hydrogen-bond donors (Lipinski definition) is 3. The van der Waals surface area contributed by atoms with Crippen LogP contribution >= 0.6 is 15.9 Å². The molecule has 9 heteroatoms. The number of nitrogens with zero attached hydrogens (tertiary/aromatic N) is 1. The van der Waals surface area contributed by atoms with E-state index in [2.05, 4.69) is 26.6 Å². The van der Waals surface area contributed by atoms with Gasteiger partial charge in [-0.15, -0.1) is 0 Å². The molecule has 3 unspecified atom stereocenters. The molecule has 0 radical (unpaired) electrons. The summed E-state index contributed by atoms with van der Waals surface area (Å²) in [6.07, 6.45) is -0.0771. The third-order valence-corrected chi connectivity index (χ3v) is 7.07. The molecule has 8 nitrogen and oxygen atoms in total. The van der Waals surface area contributed by atoms with Gasteiger partial charge in [-0.3, -0.25) is 14.4 Å². The maximum Gasteiger partial charge on any atom is 0.246 e. The van der Waals surface area contributed by atoms with Crippen molar-refractivity contribution in [3.63, 3.8) is 0 Å². The number of β-amino-alcohol motifs (C(OH)–C–C–N with tert-alkyl or cyclic N) is 1. The van der Waals surface area contributed by atoms with Crippen LogP contribution in [0.5, 0.6) is 0 Å². The minimum absolute atomic E-state index is 0.00726.